The molecule has 0 aromatic heterocycles. The van der Waals surface area contributed by atoms with Gasteiger partial charge >= 0.3 is 0 Å². The highest BCUT2D eigenvalue weighted by atomic mass is 16.5. The molecule has 4 heteroatoms. The predicted molar refractivity (Wildman–Crippen MR) is 71.2 cm³/mol. The van der Waals surface area contributed by atoms with E-state index in [2.05, 4.69) is 16.3 Å². The van der Waals surface area contributed by atoms with Gasteiger partial charge in [0, 0.05) is 6.54 Å². The van der Waals surface area contributed by atoms with Crippen molar-refractivity contribution in [2.45, 2.75) is 32.2 Å². The first-order valence-electron chi connectivity index (χ1n) is 6.64. The van der Waals surface area contributed by atoms with Crippen LogP contribution in [0.5, 0.6) is 5.75 Å². The number of fused-ring (bicyclic) bond motifs is 3. The van der Waals surface area contributed by atoms with Gasteiger partial charge < -0.3 is 15.0 Å². The number of amides is 1. The van der Waals surface area contributed by atoms with Gasteiger partial charge in [-0.15, -0.1) is 0 Å². The van der Waals surface area contributed by atoms with Gasteiger partial charge in [0.1, 0.15) is 17.5 Å². The van der Waals surface area contributed by atoms with Crippen molar-refractivity contribution in [2.24, 2.45) is 0 Å². The van der Waals surface area contributed by atoms with Gasteiger partial charge in [-0.25, -0.2) is 0 Å². The SMILES string of the molecule is CCOc1cccc2c1NC(=O)C1CCCCN21. The molecule has 1 fully saturated rings. The molecule has 0 spiro atoms. The van der Waals surface area contributed by atoms with Crippen LogP contribution in [0.3, 0.4) is 0 Å². The van der Waals surface area contributed by atoms with Gasteiger partial charge in [0.15, 0.2) is 0 Å². The first-order valence-corrected chi connectivity index (χ1v) is 6.64. The normalized spacial score (nSPS) is 21.9. The number of carbonyl (C=O) groups is 1. The summed E-state index contributed by atoms with van der Waals surface area (Å²) in [6, 6.07) is 5.97. The lowest BCUT2D eigenvalue weighted by Crippen LogP contribution is -2.50. The molecule has 1 unspecified atom stereocenters. The lowest BCUT2D eigenvalue weighted by atomic mass is 9.97. The summed E-state index contributed by atoms with van der Waals surface area (Å²) in [6.07, 6.45) is 3.24. The maximum atomic E-state index is 12.1. The number of benzene rings is 1. The van der Waals surface area contributed by atoms with Crippen molar-refractivity contribution in [2.75, 3.05) is 23.4 Å². The number of ether oxygens (including phenoxy) is 1. The Morgan fingerprint density at radius 3 is 3.17 bits per heavy atom. The quantitative estimate of drug-likeness (QED) is 0.871. The maximum absolute atomic E-state index is 12.1. The van der Waals surface area contributed by atoms with Gasteiger partial charge in [-0.2, -0.15) is 0 Å². The van der Waals surface area contributed by atoms with E-state index in [1.54, 1.807) is 0 Å². The van der Waals surface area contributed by atoms with Crippen LogP contribution in [0.4, 0.5) is 11.4 Å². The largest absolute Gasteiger partial charge is 0.492 e. The molecule has 1 amide bonds. The van der Waals surface area contributed by atoms with Gasteiger partial charge in [0.25, 0.3) is 0 Å². The van der Waals surface area contributed by atoms with E-state index in [4.69, 9.17) is 4.74 Å². The summed E-state index contributed by atoms with van der Waals surface area (Å²) in [5, 5.41) is 3.01. The molecule has 0 radical (unpaired) electrons. The number of piperidine rings is 1. The number of carbonyl (C=O) groups excluding carboxylic acids is 1. The van der Waals surface area contributed by atoms with E-state index < -0.39 is 0 Å². The number of hydrogen-bond acceptors (Lipinski definition) is 3. The van der Waals surface area contributed by atoms with Gasteiger partial charge in [-0.3, -0.25) is 4.79 Å². The molecule has 3 rings (SSSR count). The Kier molecular flexibility index (Phi) is 2.86. The third kappa shape index (κ3) is 1.72. The van der Waals surface area contributed by atoms with Crippen molar-refractivity contribution >= 4 is 17.3 Å². The highest BCUT2D eigenvalue weighted by Crippen LogP contribution is 2.41. The van der Waals surface area contributed by atoms with E-state index in [0.29, 0.717) is 6.61 Å². The minimum Gasteiger partial charge on any atom is -0.492 e. The molecule has 1 aromatic carbocycles. The molecule has 18 heavy (non-hydrogen) atoms. The fourth-order valence-electron chi connectivity index (χ4n) is 2.86. The number of nitrogens with zero attached hydrogens (tertiary/aromatic N) is 1. The van der Waals surface area contributed by atoms with E-state index in [1.165, 1.54) is 0 Å². The molecule has 2 aliphatic rings. The Hall–Kier alpha value is -1.71. The molecule has 2 aliphatic heterocycles. The molecule has 0 aliphatic carbocycles. The number of para-hydroxylation sites is 1. The molecule has 1 saturated heterocycles. The Balaban J connectivity index is 2.03. The molecule has 0 bridgehead atoms. The average Bonchev–Trinajstić information content (AvgIpc) is 2.41. The molecule has 4 nitrogen and oxygen atoms in total. The van der Waals surface area contributed by atoms with Gasteiger partial charge in [-0.05, 0) is 38.3 Å². The average molecular weight is 246 g/mol. The van der Waals surface area contributed by atoms with Crippen LogP contribution in [0.2, 0.25) is 0 Å². The van der Waals surface area contributed by atoms with Gasteiger partial charge in [0.2, 0.25) is 5.91 Å². The van der Waals surface area contributed by atoms with E-state index in [9.17, 15) is 4.79 Å². The summed E-state index contributed by atoms with van der Waals surface area (Å²) in [4.78, 5) is 14.4. The Morgan fingerprint density at radius 2 is 2.33 bits per heavy atom. The summed E-state index contributed by atoms with van der Waals surface area (Å²) >= 11 is 0. The first-order chi connectivity index (χ1) is 8.81. The Labute approximate surface area is 107 Å². The summed E-state index contributed by atoms with van der Waals surface area (Å²) in [6.45, 7) is 3.52. The molecule has 0 saturated carbocycles. The predicted octanol–water partition coefficient (Wildman–Crippen LogP) is 2.40. The third-order valence-corrected chi connectivity index (χ3v) is 3.67. The number of anilines is 2. The van der Waals surface area contributed by atoms with Crippen molar-refractivity contribution in [3.63, 3.8) is 0 Å². The van der Waals surface area contributed by atoms with Crippen LogP contribution < -0.4 is 15.0 Å². The maximum Gasteiger partial charge on any atom is 0.247 e. The van der Waals surface area contributed by atoms with E-state index in [0.717, 1.165) is 42.9 Å². The standard InChI is InChI=1S/C14H18N2O2/c1-2-18-12-8-5-7-10-13(12)15-14(17)11-6-3-4-9-16(10)11/h5,7-8,11H,2-4,6,9H2,1H3,(H,15,17). The smallest absolute Gasteiger partial charge is 0.247 e. The lowest BCUT2D eigenvalue weighted by Gasteiger charge is -2.41. The topological polar surface area (TPSA) is 41.6 Å². The molecule has 2 heterocycles. The van der Waals surface area contributed by atoms with Crippen molar-refractivity contribution in [1.82, 2.24) is 0 Å². The molecule has 1 N–H and O–H groups in total. The van der Waals surface area contributed by atoms with Crippen molar-refractivity contribution < 1.29 is 9.53 Å². The van der Waals surface area contributed by atoms with Crippen molar-refractivity contribution in [3.05, 3.63) is 18.2 Å². The molecule has 96 valence electrons. The summed E-state index contributed by atoms with van der Waals surface area (Å²) < 4.78 is 5.59. The second-order valence-electron chi connectivity index (χ2n) is 4.78. The second-order valence-corrected chi connectivity index (χ2v) is 4.78. The van der Waals surface area contributed by atoms with E-state index >= 15 is 0 Å². The second kappa shape index (κ2) is 4.52. The zero-order chi connectivity index (χ0) is 12.5. The number of hydrogen-bond donors (Lipinski definition) is 1. The minimum absolute atomic E-state index is 0.00289. The van der Waals surface area contributed by atoms with Crippen LogP contribution in [-0.4, -0.2) is 25.1 Å². The molecular weight excluding hydrogens is 228 g/mol. The zero-order valence-corrected chi connectivity index (χ0v) is 10.6. The van der Waals surface area contributed by atoms with Crippen molar-refractivity contribution in [3.8, 4) is 5.75 Å². The van der Waals surface area contributed by atoms with Gasteiger partial charge in [0.05, 0.1) is 12.3 Å². The van der Waals surface area contributed by atoms with Gasteiger partial charge in [-0.1, -0.05) is 6.07 Å². The van der Waals surface area contributed by atoms with Crippen LogP contribution in [0, 0.1) is 0 Å². The third-order valence-electron chi connectivity index (χ3n) is 3.67. The highest BCUT2D eigenvalue weighted by molar-refractivity contribution is 6.05. The van der Waals surface area contributed by atoms with Crippen LogP contribution in [0.1, 0.15) is 26.2 Å². The van der Waals surface area contributed by atoms with Crippen molar-refractivity contribution in [1.29, 1.82) is 0 Å². The zero-order valence-electron chi connectivity index (χ0n) is 10.6. The number of nitrogens with one attached hydrogen (secondary N) is 1. The van der Waals surface area contributed by atoms with E-state index in [1.807, 2.05) is 19.1 Å². The summed E-state index contributed by atoms with van der Waals surface area (Å²) in [5.74, 6) is 0.877. The fraction of sp³-hybridized carbons (Fsp3) is 0.500. The molecule has 1 aromatic rings. The highest BCUT2D eigenvalue weighted by Gasteiger charge is 2.35. The Bertz CT molecular complexity index is 473. The minimum atomic E-state index is 0.00289. The van der Waals surface area contributed by atoms with Crippen LogP contribution in [0.25, 0.3) is 0 Å². The fourth-order valence-corrected chi connectivity index (χ4v) is 2.86. The molecular formula is C14H18N2O2. The van der Waals surface area contributed by atoms with Crippen LogP contribution in [-0.2, 0) is 4.79 Å². The van der Waals surface area contributed by atoms with E-state index in [-0.39, 0.29) is 11.9 Å². The number of rotatable bonds is 2. The van der Waals surface area contributed by atoms with Crippen LogP contribution in [0.15, 0.2) is 18.2 Å². The lowest BCUT2D eigenvalue weighted by molar-refractivity contribution is -0.118. The van der Waals surface area contributed by atoms with Crippen LogP contribution >= 0.6 is 0 Å². The Morgan fingerprint density at radius 1 is 1.44 bits per heavy atom. The molecule has 1 atom stereocenters. The summed E-state index contributed by atoms with van der Waals surface area (Å²) in [5.41, 5.74) is 1.94. The summed E-state index contributed by atoms with van der Waals surface area (Å²) in [7, 11) is 0. The monoisotopic (exact) mass is 246 g/mol. The first kappa shape index (κ1) is 11.4.